The second-order valence-corrected chi connectivity index (χ2v) is 4.67. The lowest BCUT2D eigenvalue weighted by atomic mass is 9.74. The molecule has 0 spiro atoms. The lowest BCUT2D eigenvalue weighted by Crippen LogP contribution is -2.46. The largest absolute Gasteiger partial charge is 0.376 e. The molecule has 2 fully saturated rings. The molecule has 13 heavy (non-hydrogen) atoms. The molecule has 1 aliphatic carbocycles. The Morgan fingerprint density at radius 3 is 2.92 bits per heavy atom. The van der Waals surface area contributed by atoms with E-state index in [9.17, 15) is 0 Å². The Bertz CT molecular complexity index is 171. The Labute approximate surface area is 81.0 Å². The maximum absolute atomic E-state index is 5.89. The lowest BCUT2D eigenvalue weighted by molar-refractivity contribution is -0.0788. The van der Waals surface area contributed by atoms with Gasteiger partial charge in [-0.1, -0.05) is 19.8 Å². The molecule has 0 bridgehead atoms. The highest BCUT2D eigenvalue weighted by atomic mass is 16.5. The molecule has 0 amide bonds. The molecule has 4 unspecified atom stereocenters. The lowest BCUT2D eigenvalue weighted by Gasteiger charge is -2.42. The zero-order chi connectivity index (χ0) is 9.26. The van der Waals surface area contributed by atoms with Gasteiger partial charge in [-0.25, -0.2) is 0 Å². The van der Waals surface area contributed by atoms with Crippen molar-refractivity contribution >= 4 is 0 Å². The molecular weight excluding hydrogens is 162 g/mol. The maximum Gasteiger partial charge on any atom is 0.0623 e. The predicted molar refractivity (Wildman–Crippen MR) is 53.7 cm³/mol. The standard InChI is InChI=1S/C11H21NO/c1-8-4-3-5-11-10(8)6-9(12-2)7-13-11/h8-12H,3-7H2,1-2H3. The van der Waals surface area contributed by atoms with Gasteiger partial charge in [0, 0.05) is 6.04 Å². The van der Waals surface area contributed by atoms with Crippen LogP contribution in [0.15, 0.2) is 0 Å². The molecule has 2 heteroatoms. The minimum atomic E-state index is 0.577. The minimum absolute atomic E-state index is 0.577. The van der Waals surface area contributed by atoms with Crippen LogP contribution in [0.1, 0.15) is 32.6 Å². The predicted octanol–water partition coefficient (Wildman–Crippen LogP) is 1.80. The summed E-state index contributed by atoms with van der Waals surface area (Å²) in [7, 11) is 2.04. The Hall–Kier alpha value is -0.0800. The zero-order valence-electron chi connectivity index (χ0n) is 8.75. The van der Waals surface area contributed by atoms with Crippen LogP contribution in [0.3, 0.4) is 0 Å². The van der Waals surface area contributed by atoms with Crippen molar-refractivity contribution < 1.29 is 4.74 Å². The van der Waals surface area contributed by atoms with Gasteiger partial charge >= 0.3 is 0 Å². The second-order valence-electron chi connectivity index (χ2n) is 4.67. The van der Waals surface area contributed by atoms with Gasteiger partial charge in [-0.3, -0.25) is 0 Å². The smallest absolute Gasteiger partial charge is 0.0623 e. The van der Waals surface area contributed by atoms with E-state index in [1.54, 1.807) is 0 Å². The van der Waals surface area contributed by atoms with E-state index in [4.69, 9.17) is 4.74 Å². The van der Waals surface area contributed by atoms with E-state index in [0.29, 0.717) is 12.1 Å². The Morgan fingerprint density at radius 2 is 2.15 bits per heavy atom. The van der Waals surface area contributed by atoms with Gasteiger partial charge in [-0.05, 0) is 31.7 Å². The molecule has 2 rings (SSSR count). The first-order valence-corrected chi connectivity index (χ1v) is 5.60. The average molecular weight is 183 g/mol. The first-order chi connectivity index (χ1) is 6.31. The summed E-state index contributed by atoms with van der Waals surface area (Å²) >= 11 is 0. The third kappa shape index (κ3) is 1.89. The molecule has 2 nitrogen and oxygen atoms in total. The van der Waals surface area contributed by atoms with Gasteiger partial charge in [0.1, 0.15) is 0 Å². The van der Waals surface area contributed by atoms with Crippen LogP contribution >= 0.6 is 0 Å². The van der Waals surface area contributed by atoms with Gasteiger partial charge in [0.25, 0.3) is 0 Å². The number of rotatable bonds is 1. The van der Waals surface area contributed by atoms with Crippen molar-refractivity contribution in [2.45, 2.75) is 44.8 Å². The molecule has 4 atom stereocenters. The zero-order valence-corrected chi connectivity index (χ0v) is 8.75. The molecule has 1 aliphatic heterocycles. The van der Waals surface area contributed by atoms with Gasteiger partial charge < -0.3 is 10.1 Å². The average Bonchev–Trinajstić information content (AvgIpc) is 2.18. The first kappa shape index (κ1) is 9.47. The third-order valence-corrected chi connectivity index (χ3v) is 3.83. The van der Waals surface area contributed by atoms with Crippen LogP contribution in [0.5, 0.6) is 0 Å². The third-order valence-electron chi connectivity index (χ3n) is 3.83. The van der Waals surface area contributed by atoms with Gasteiger partial charge in [0.2, 0.25) is 0 Å². The number of hydrogen-bond donors (Lipinski definition) is 1. The van der Waals surface area contributed by atoms with Gasteiger partial charge in [0.05, 0.1) is 12.7 Å². The quantitative estimate of drug-likeness (QED) is 0.669. The second kappa shape index (κ2) is 3.97. The van der Waals surface area contributed by atoms with Gasteiger partial charge in [-0.2, -0.15) is 0 Å². The van der Waals surface area contributed by atoms with Crippen molar-refractivity contribution in [3.63, 3.8) is 0 Å². The maximum atomic E-state index is 5.89. The molecule has 0 aromatic rings. The summed E-state index contributed by atoms with van der Waals surface area (Å²) in [6.07, 6.45) is 5.97. The van der Waals surface area contributed by atoms with E-state index in [2.05, 4.69) is 12.2 Å². The van der Waals surface area contributed by atoms with Gasteiger partial charge in [0.15, 0.2) is 0 Å². The van der Waals surface area contributed by atoms with Gasteiger partial charge in [-0.15, -0.1) is 0 Å². The molecule has 0 aromatic carbocycles. The topological polar surface area (TPSA) is 21.3 Å². The molecule has 1 heterocycles. The molecule has 0 aromatic heterocycles. The highest BCUT2D eigenvalue weighted by Gasteiger charge is 2.36. The molecule has 1 saturated heterocycles. The molecule has 76 valence electrons. The summed E-state index contributed by atoms with van der Waals surface area (Å²) in [4.78, 5) is 0. The summed E-state index contributed by atoms with van der Waals surface area (Å²) in [5.74, 6) is 1.69. The van der Waals surface area contributed by atoms with Crippen LogP contribution in [-0.4, -0.2) is 25.8 Å². The summed E-state index contributed by atoms with van der Waals surface area (Å²) in [6.45, 7) is 3.31. The van der Waals surface area contributed by atoms with E-state index < -0.39 is 0 Å². The normalized spacial score (nSPS) is 45.7. The van der Waals surface area contributed by atoms with Crippen LogP contribution < -0.4 is 5.32 Å². The van der Waals surface area contributed by atoms with Crippen LogP contribution in [0.4, 0.5) is 0 Å². The Kier molecular flexibility index (Phi) is 2.89. The van der Waals surface area contributed by atoms with Crippen LogP contribution in [-0.2, 0) is 4.74 Å². The highest BCUT2D eigenvalue weighted by Crippen LogP contribution is 2.37. The van der Waals surface area contributed by atoms with Crippen LogP contribution in [0.25, 0.3) is 0 Å². The number of likely N-dealkylation sites (N-methyl/N-ethyl adjacent to an activating group) is 1. The van der Waals surface area contributed by atoms with Crippen molar-refractivity contribution in [2.75, 3.05) is 13.7 Å². The number of nitrogens with one attached hydrogen (secondary N) is 1. The monoisotopic (exact) mass is 183 g/mol. The summed E-state index contributed by atoms with van der Waals surface area (Å²) in [6, 6.07) is 0.599. The number of ether oxygens (including phenoxy) is 1. The number of fused-ring (bicyclic) bond motifs is 1. The van der Waals surface area contributed by atoms with E-state index in [1.807, 2.05) is 7.05 Å². The van der Waals surface area contributed by atoms with Crippen molar-refractivity contribution in [1.29, 1.82) is 0 Å². The Morgan fingerprint density at radius 1 is 1.31 bits per heavy atom. The summed E-state index contributed by atoms with van der Waals surface area (Å²) in [5, 5.41) is 3.33. The molecular formula is C11H21NO. The van der Waals surface area contributed by atoms with Crippen LogP contribution in [0, 0.1) is 11.8 Å². The molecule has 1 N–H and O–H groups in total. The minimum Gasteiger partial charge on any atom is -0.376 e. The van der Waals surface area contributed by atoms with Crippen molar-refractivity contribution in [2.24, 2.45) is 11.8 Å². The van der Waals surface area contributed by atoms with E-state index in [0.717, 1.165) is 18.4 Å². The molecule has 2 aliphatic rings. The summed E-state index contributed by atoms with van der Waals surface area (Å²) < 4.78 is 5.89. The SMILES string of the molecule is CNC1COC2CCCC(C)C2C1. The molecule has 0 radical (unpaired) electrons. The van der Waals surface area contributed by atoms with Crippen molar-refractivity contribution in [3.05, 3.63) is 0 Å². The summed E-state index contributed by atoms with van der Waals surface area (Å²) in [5.41, 5.74) is 0. The Balaban J connectivity index is 1.97. The van der Waals surface area contributed by atoms with Crippen molar-refractivity contribution in [1.82, 2.24) is 5.32 Å². The highest BCUT2D eigenvalue weighted by molar-refractivity contribution is 4.87. The van der Waals surface area contributed by atoms with E-state index >= 15 is 0 Å². The van der Waals surface area contributed by atoms with E-state index in [1.165, 1.54) is 25.7 Å². The fraction of sp³-hybridized carbons (Fsp3) is 1.00. The fourth-order valence-electron chi connectivity index (χ4n) is 2.86. The van der Waals surface area contributed by atoms with Crippen molar-refractivity contribution in [3.8, 4) is 0 Å². The molecule has 1 saturated carbocycles. The van der Waals surface area contributed by atoms with E-state index in [-0.39, 0.29) is 0 Å². The fourth-order valence-corrected chi connectivity index (χ4v) is 2.86. The van der Waals surface area contributed by atoms with Crippen LogP contribution in [0.2, 0.25) is 0 Å². The number of hydrogen-bond acceptors (Lipinski definition) is 2. The first-order valence-electron chi connectivity index (χ1n) is 5.60.